The van der Waals surface area contributed by atoms with Gasteiger partial charge in [-0.1, -0.05) is 18.2 Å². The Balaban J connectivity index is 1.96. The van der Waals surface area contributed by atoms with Crippen LogP contribution in [0.1, 0.15) is 11.1 Å². The van der Waals surface area contributed by atoms with Crippen molar-refractivity contribution in [2.24, 2.45) is 12.0 Å². The molecule has 0 saturated heterocycles. The summed E-state index contributed by atoms with van der Waals surface area (Å²) >= 11 is 0. The quantitative estimate of drug-likeness (QED) is 0.686. The summed E-state index contributed by atoms with van der Waals surface area (Å²) in [7, 11) is 1.73. The van der Waals surface area contributed by atoms with E-state index in [1.165, 1.54) is 18.3 Å². The Bertz CT molecular complexity index is 877. The number of para-hydroxylation sites is 1. The molecule has 0 aliphatic carbocycles. The number of alkyl halides is 3. The smallest absolute Gasteiger partial charge is 0.416 e. The molecular formula is C17H13F3N2O. The molecule has 1 aromatic heterocycles. The van der Waals surface area contributed by atoms with E-state index in [0.717, 1.165) is 23.0 Å². The summed E-state index contributed by atoms with van der Waals surface area (Å²) in [4.78, 5) is 4.16. The van der Waals surface area contributed by atoms with Crippen molar-refractivity contribution in [1.29, 1.82) is 0 Å². The third-order valence-electron chi connectivity index (χ3n) is 3.65. The van der Waals surface area contributed by atoms with Gasteiger partial charge in [-0.25, -0.2) is 0 Å². The molecule has 0 unspecified atom stereocenters. The number of aromatic hydroxyl groups is 1. The summed E-state index contributed by atoms with van der Waals surface area (Å²) in [6.07, 6.45) is -2.91. The molecule has 6 heteroatoms. The molecule has 0 aliphatic rings. The number of halogens is 3. The Morgan fingerprint density at radius 2 is 1.70 bits per heavy atom. The molecule has 0 bridgehead atoms. The average Bonchev–Trinajstić information content (AvgIpc) is 2.77. The molecule has 0 saturated carbocycles. The van der Waals surface area contributed by atoms with E-state index in [9.17, 15) is 18.3 Å². The van der Waals surface area contributed by atoms with Gasteiger partial charge in [0.2, 0.25) is 5.88 Å². The molecule has 3 aromatic rings. The van der Waals surface area contributed by atoms with Gasteiger partial charge in [0.15, 0.2) is 0 Å². The van der Waals surface area contributed by atoms with E-state index < -0.39 is 11.7 Å². The molecule has 0 amide bonds. The first-order valence-corrected chi connectivity index (χ1v) is 6.85. The van der Waals surface area contributed by atoms with E-state index >= 15 is 0 Å². The van der Waals surface area contributed by atoms with E-state index in [2.05, 4.69) is 4.99 Å². The molecule has 2 aromatic carbocycles. The SMILES string of the molecule is Cn1c(O)c(C=Nc2ccc(C(F)(F)F)cc2)c2ccccc21. The molecule has 0 atom stereocenters. The summed E-state index contributed by atoms with van der Waals surface area (Å²) in [6.45, 7) is 0. The third-order valence-corrected chi connectivity index (χ3v) is 3.65. The first kappa shape index (κ1) is 15.1. The highest BCUT2D eigenvalue weighted by atomic mass is 19.4. The van der Waals surface area contributed by atoms with E-state index in [4.69, 9.17) is 0 Å². The van der Waals surface area contributed by atoms with Gasteiger partial charge in [-0.2, -0.15) is 13.2 Å². The van der Waals surface area contributed by atoms with Gasteiger partial charge in [0.25, 0.3) is 0 Å². The summed E-state index contributed by atoms with van der Waals surface area (Å²) in [5.41, 5.74) is 1.04. The van der Waals surface area contributed by atoms with Crippen LogP contribution in [0.3, 0.4) is 0 Å². The van der Waals surface area contributed by atoms with Crippen LogP contribution < -0.4 is 0 Å². The topological polar surface area (TPSA) is 37.5 Å². The number of nitrogens with zero attached hydrogens (tertiary/aromatic N) is 2. The number of benzene rings is 2. The normalized spacial score (nSPS) is 12.3. The fraction of sp³-hybridized carbons (Fsp3) is 0.118. The van der Waals surface area contributed by atoms with Crippen LogP contribution in [0.15, 0.2) is 53.5 Å². The van der Waals surface area contributed by atoms with Gasteiger partial charge in [0, 0.05) is 18.6 Å². The molecule has 0 fully saturated rings. The molecule has 3 nitrogen and oxygen atoms in total. The highest BCUT2D eigenvalue weighted by molar-refractivity contribution is 6.03. The van der Waals surface area contributed by atoms with E-state index in [1.54, 1.807) is 11.6 Å². The van der Waals surface area contributed by atoms with Crippen LogP contribution in [-0.2, 0) is 13.2 Å². The average molecular weight is 318 g/mol. The zero-order valence-electron chi connectivity index (χ0n) is 12.2. The maximum absolute atomic E-state index is 12.5. The highest BCUT2D eigenvalue weighted by Gasteiger charge is 2.29. The summed E-state index contributed by atoms with van der Waals surface area (Å²) in [5.74, 6) is 0.0573. The molecule has 0 spiro atoms. The van der Waals surface area contributed by atoms with Crippen LogP contribution >= 0.6 is 0 Å². The van der Waals surface area contributed by atoms with Crippen LogP contribution in [-0.4, -0.2) is 15.9 Å². The second-order valence-electron chi connectivity index (χ2n) is 5.12. The Morgan fingerprint density at radius 3 is 2.35 bits per heavy atom. The van der Waals surface area contributed by atoms with E-state index in [1.807, 2.05) is 24.3 Å². The number of hydrogen-bond acceptors (Lipinski definition) is 2. The number of aryl methyl sites for hydroxylation is 1. The molecule has 0 radical (unpaired) electrons. The lowest BCUT2D eigenvalue weighted by atomic mass is 10.2. The van der Waals surface area contributed by atoms with Gasteiger partial charge >= 0.3 is 6.18 Å². The standard InChI is InChI=1S/C17H13F3N2O/c1-22-15-5-3-2-4-13(15)14(16(22)23)10-21-12-8-6-11(7-9-12)17(18,19)20/h2-10,23H,1H3. The Labute approximate surface area is 130 Å². The lowest BCUT2D eigenvalue weighted by molar-refractivity contribution is -0.137. The van der Waals surface area contributed by atoms with Crippen molar-refractivity contribution in [3.05, 3.63) is 59.7 Å². The van der Waals surface area contributed by atoms with Gasteiger partial charge in [-0.05, 0) is 30.3 Å². The number of fused-ring (bicyclic) bond motifs is 1. The number of rotatable bonds is 2. The maximum atomic E-state index is 12.5. The van der Waals surface area contributed by atoms with Gasteiger partial charge in [0.1, 0.15) is 0 Å². The minimum Gasteiger partial charge on any atom is -0.494 e. The maximum Gasteiger partial charge on any atom is 0.416 e. The Hall–Kier alpha value is -2.76. The summed E-state index contributed by atoms with van der Waals surface area (Å²) < 4.78 is 39.2. The molecule has 23 heavy (non-hydrogen) atoms. The van der Waals surface area contributed by atoms with Crippen LogP contribution in [0.5, 0.6) is 5.88 Å². The summed E-state index contributed by atoms with van der Waals surface area (Å²) in [6, 6.07) is 12.0. The van der Waals surface area contributed by atoms with Crippen molar-refractivity contribution in [2.45, 2.75) is 6.18 Å². The monoisotopic (exact) mass is 318 g/mol. The number of aromatic nitrogens is 1. The minimum absolute atomic E-state index is 0.0573. The third kappa shape index (κ3) is 2.79. The van der Waals surface area contributed by atoms with Crippen molar-refractivity contribution >= 4 is 22.8 Å². The first-order valence-electron chi connectivity index (χ1n) is 6.85. The van der Waals surface area contributed by atoms with Crippen molar-refractivity contribution in [2.75, 3.05) is 0 Å². The van der Waals surface area contributed by atoms with Crippen molar-refractivity contribution in [3.8, 4) is 5.88 Å². The second-order valence-corrected chi connectivity index (χ2v) is 5.12. The van der Waals surface area contributed by atoms with Crippen LogP contribution in [0.2, 0.25) is 0 Å². The molecular weight excluding hydrogens is 305 g/mol. The predicted octanol–water partition coefficient (Wildman–Crippen LogP) is 4.65. The Kier molecular flexibility index (Phi) is 3.60. The lowest BCUT2D eigenvalue weighted by Crippen LogP contribution is -2.03. The zero-order chi connectivity index (χ0) is 16.6. The minimum atomic E-state index is -4.36. The highest BCUT2D eigenvalue weighted by Crippen LogP contribution is 2.31. The number of hydrogen-bond donors (Lipinski definition) is 1. The van der Waals surface area contributed by atoms with Crippen molar-refractivity contribution in [1.82, 2.24) is 4.57 Å². The Morgan fingerprint density at radius 1 is 1.04 bits per heavy atom. The van der Waals surface area contributed by atoms with Crippen molar-refractivity contribution < 1.29 is 18.3 Å². The molecule has 1 N–H and O–H groups in total. The molecule has 0 aliphatic heterocycles. The second kappa shape index (κ2) is 5.46. The van der Waals surface area contributed by atoms with Crippen molar-refractivity contribution in [3.63, 3.8) is 0 Å². The van der Waals surface area contributed by atoms with Gasteiger partial charge in [-0.3, -0.25) is 4.99 Å². The predicted molar refractivity (Wildman–Crippen MR) is 83.3 cm³/mol. The largest absolute Gasteiger partial charge is 0.494 e. The molecule has 118 valence electrons. The van der Waals surface area contributed by atoms with E-state index in [-0.39, 0.29) is 5.88 Å². The van der Waals surface area contributed by atoms with Crippen LogP contribution in [0.4, 0.5) is 18.9 Å². The summed E-state index contributed by atoms with van der Waals surface area (Å²) in [5, 5.41) is 11.0. The zero-order valence-corrected chi connectivity index (χ0v) is 12.2. The first-order chi connectivity index (χ1) is 10.9. The molecule has 1 heterocycles. The van der Waals surface area contributed by atoms with Crippen LogP contribution in [0, 0.1) is 0 Å². The van der Waals surface area contributed by atoms with Gasteiger partial charge < -0.3 is 9.67 Å². The fourth-order valence-electron chi connectivity index (χ4n) is 2.41. The van der Waals surface area contributed by atoms with Crippen LogP contribution in [0.25, 0.3) is 10.9 Å². The number of aliphatic imine (C=N–C) groups is 1. The van der Waals surface area contributed by atoms with E-state index in [0.29, 0.717) is 11.3 Å². The van der Waals surface area contributed by atoms with Gasteiger partial charge in [0.05, 0.1) is 22.3 Å². The molecule has 3 rings (SSSR count). The van der Waals surface area contributed by atoms with Gasteiger partial charge in [-0.15, -0.1) is 0 Å². The fourth-order valence-corrected chi connectivity index (χ4v) is 2.41. The lowest BCUT2D eigenvalue weighted by Gasteiger charge is -2.05.